The van der Waals surface area contributed by atoms with E-state index in [1.165, 1.54) is 5.56 Å². The van der Waals surface area contributed by atoms with Gasteiger partial charge in [0.05, 0.1) is 17.8 Å². The predicted molar refractivity (Wildman–Crippen MR) is 110 cm³/mol. The van der Waals surface area contributed by atoms with Crippen molar-refractivity contribution in [1.82, 2.24) is 14.9 Å². The summed E-state index contributed by atoms with van der Waals surface area (Å²) < 4.78 is 5.54. The molecule has 0 aliphatic carbocycles. The van der Waals surface area contributed by atoms with E-state index in [1.807, 2.05) is 61.5 Å². The van der Waals surface area contributed by atoms with Crippen molar-refractivity contribution in [3.05, 3.63) is 93.2 Å². The molecule has 4 rings (SSSR count). The summed E-state index contributed by atoms with van der Waals surface area (Å²) >= 11 is 0. The van der Waals surface area contributed by atoms with E-state index in [0.29, 0.717) is 36.5 Å². The monoisotopic (exact) mass is 389 g/mol. The molecule has 148 valence electrons. The van der Waals surface area contributed by atoms with E-state index in [0.717, 1.165) is 11.3 Å². The Morgan fingerprint density at radius 1 is 1.14 bits per heavy atom. The molecule has 3 aromatic rings. The third-order valence-electron chi connectivity index (χ3n) is 5.20. The van der Waals surface area contributed by atoms with E-state index >= 15 is 0 Å². The first kappa shape index (κ1) is 18.9. The van der Waals surface area contributed by atoms with Crippen molar-refractivity contribution >= 4 is 5.91 Å². The number of carbonyl (C=O) groups is 1. The van der Waals surface area contributed by atoms with Gasteiger partial charge in [0.1, 0.15) is 11.6 Å². The Kier molecular flexibility index (Phi) is 5.42. The zero-order valence-electron chi connectivity index (χ0n) is 16.4. The maximum atomic E-state index is 12.6. The normalized spacial score (nSPS) is 13.1. The van der Waals surface area contributed by atoms with Crippen molar-refractivity contribution in [1.29, 1.82) is 0 Å². The number of nitrogens with one attached hydrogen (secondary N) is 1. The standard InChI is InChI=1S/C23H23N3O3/c1-16-7-5-6-8-17(16)13-21-24-20-11-12-26(14-19(20)23(28)25-21)22(27)15-29-18-9-3-2-4-10-18/h2-10H,11-15H2,1H3,(H,24,25,28). The number of hydrogen-bond acceptors (Lipinski definition) is 4. The molecule has 0 atom stereocenters. The van der Waals surface area contributed by atoms with Gasteiger partial charge in [-0.15, -0.1) is 0 Å². The highest BCUT2D eigenvalue weighted by atomic mass is 16.5. The molecule has 6 heteroatoms. The van der Waals surface area contributed by atoms with Crippen LogP contribution in [0, 0.1) is 6.92 Å². The van der Waals surface area contributed by atoms with E-state index < -0.39 is 0 Å². The molecule has 0 unspecified atom stereocenters. The minimum atomic E-state index is -0.167. The molecular formula is C23H23N3O3. The van der Waals surface area contributed by atoms with Gasteiger partial charge >= 0.3 is 0 Å². The summed E-state index contributed by atoms with van der Waals surface area (Å²) in [6, 6.07) is 17.3. The highest BCUT2D eigenvalue weighted by molar-refractivity contribution is 5.78. The Morgan fingerprint density at radius 2 is 1.90 bits per heavy atom. The number of aromatic amines is 1. The molecule has 6 nitrogen and oxygen atoms in total. The van der Waals surface area contributed by atoms with Crippen molar-refractivity contribution in [3.63, 3.8) is 0 Å². The largest absolute Gasteiger partial charge is 0.484 e. The maximum Gasteiger partial charge on any atom is 0.260 e. The Balaban J connectivity index is 1.45. The van der Waals surface area contributed by atoms with Crippen molar-refractivity contribution in [2.75, 3.05) is 13.2 Å². The number of hydrogen-bond donors (Lipinski definition) is 1. The lowest BCUT2D eigenvalue weighted by atomic mass is 10.0. The molecule has 0 saturated heterocycles. The minimum absolute atomic E-state index is 0.0456. The molecule has 1 N–H and O–H groups in total. The second-order valence-corrected chi connectivity index (χ2v) is 7.21. The smallest absolute Gasteiger partial charge is 0.260 e. The van der Waals surface area contributed by atoms with Crippen LogP contribution in [0.2, 0.25) is 0 Å². The summed E-state index contributed by atoms with van der Waals surface area (Å²) in [6.45, 7) is 2.80. The summed E-state index contributed by atoms with van der Waals surface area (Å²) in [5, 5.41) is 0. The molecule has 2 heterocycles. The molecule has 1 aliphatic heterocycles. The lowest BCUT2D eigenvalue weighted by Crippen LogP contribution is -2.41. The van der Waals surface area contributed by atoms with E-state index in [2.05, 4.69) is 9.97 Å². The zero-order chi connectivity index (χ0) is 20.2. The summed E-state index contributed by atoms with van der Waals surface area (Å²) in [7, 11) is 0. The number of amides is 1. The highest BCUT2D eigenvalue weighted by Gasteiger charge is 2.24. The van der Waals surface area contributed by atoms with Gasteiger partial charge in [0.25, 0.3) is 11.5 Å². The average Bonchev–Trinajstić information content (AvgIpc) is 2.74. The molecule has 0 bridgehead atoms. The summed E-state index contributed by atoms with van der Waals surface area (Å²) in [4.78, 5) is 34.4. The van der Waals surface area contributed by atoms with Crippen molar-refractivity contribution in [2.24, 2.45) is 0 Å². The summed E-state index contributed by atoms with van der Waals surface area (Å²) in [5.41, 5.74) is 3.49. The summed E-state index contributed by atoms with van der Waals surface area (Å²) in [6.07, 6.45) is 1.15. The Bertz CT molecular complexity index is 1080. The van der Waals surface area contributed by atoms with E-state index in [4.69, 9.17) is 4.74 Å². The lowest BCUT2D eigenvalue weighted by Gasteiger charge is -2.28. The second kappa shape index (κ2) is 8.31. The van der Waals surface area contributed by atoms with Gasteiger partial charge in [-0.3, -0.25) is 9.59 Å². The number of rotatable bonds is 5. The van der Waals surface area contributed by atoms with E-state index in [-0.39, 0.29) is 24.6 Å². The number of para-hydroxylation sites is 1. The third-order valence-corrected chi connectivity index (χ3v) is 5.20. The van der Waals surface area contributed by atoms with Crippen LogP contribution in [0.3, 0.4) is 0 Å². The van der Waals surface area contributed by atoms with Crippen LogP contribution >= 0.6 is 0 Å². The van der Waals surface area contributed by atoms with Crippen LogP contribution < -0.4 is 10.3 Å². The van der Waals surface area contributed by atoms with Gasteiger partial charge in [0.2, 0.25) is 0 Å². The number of ether oxygens (including phenoxy) is 1. The minimum Gasteiger partial charge on any atom is -0.484 e. The van der Waals surface area contributed by atoms with Gasteiger partial charge in [-0.25, -0.2) is 4.98 Å². The van der Waals surface area contributed by atoms with Crippen molar-refractivity contribution in [2.45, 2.75) is 26.3 Å². The Morgan fingerprint density at radius 3 is 2.69 bits per heavy atom. The third kappa shape index (κ3) is 4.37. The van der Waals surface area contributed by atoms with Crippen LogP contribution in [0.5, 0.6) is 5.75 Å². The van der Waals surface area contributed by atoms with Crippen LogP contribution in [0.15, 0.2) is 59.4 Å². The first-order valence-electron chi connectivity index (χ1n) is 9.71. The second-order valence-electron chi connectivity index (χ2n) is 7.21. The summed E-state index contributed by atoms with van der Waals surface area (Å²) in [5.74, 6) is 1.18. The quantitative estimate of drug-likeness (QED) is 0.728. The van der Waals surface area contributed by atoms with Gasteiger partial charge < -0.3 is 14.6 Å². The molecule has 0 fully saturated rings. The van der Waals surface area contributed by atoms with Gasteiger partial charge in [0.15, 0.2) is 6.61 Å². The number of benzene rings is 2. The number of aryl methyl sites for hydroxylation is 1. The fraction of sp³-hybridized carbons (Fsp3) is 0.261. The van der Waals surface area contributed by atoms with Gasteiger partial charge in [-0.2, -0.15) is 0 Å². The fourth-order valence-electron chi connectivity index (χ4n) is 3.52. The number of H-pyrrole nitrogens is 1. The molecule has 1 amide bonds. The molecular weight excluding hydrogens is 366 g/mol. The Hall–Kier alpha value is -3.41. The van der Waals surface area contributed by atoms with Gasteiger partial charge in [0, 0.05) is 19.4 Å². The maximum absolute atomic E-state index is 12.6. The predicted octanol–water partition coefficient (Wildman–Crippen LogP) is 2.63. The lowest BCUT2D eigenvalue weighted by molar-refractivity contribution is -0.134. The van der Waals surface area contributed by atoms with Gasteiger partial charge in [-0.05, 0) is 30.2 Å². The molecule has 29 heavy (non-hydrogen) atoms. The SMILES string of the molecule is Cc1ccccc1Cc1nc2c(c(=O)[nH]1)CN(C(=O)COc1ccccc1)CC2. The first-order valence-corrected chi connectivity index (χ1v) is 9.71. The highest BCUT2D eigenvalue weighted by Crippen LogP contribution is 2.17. The zero-order valence-corrected chi connectivity index (χ0v) is 16.4. The van der Waals surface area contributed by atoms with E-state index in [1.54, 1.807) is 4.90 Å². The topological polar surface area (TPSA) is 75.3 Å². The van der Waals surface area contributed by atoms with Gasteiger partial charge in [-0.1, -0.05) is 42.5 Å². The first-order chi connectivity index (χ1) is 14.1. The van der Waals surface area contributed by atoms with Crippen LogP contribution in [0.4, 0.5) is 0 Å². The molecule has 2 aromatic carbocycles. The molecule has 0 radical (unpaired) electrons. The van der Waals surface area contributed by atoms with Crippen LogP contribution in [0.1, 0.15) is 28.2 Å². The molecule has 0 spiro atoms. The number of nitrogens with zero attached hydrogens (tertiary/aromatic N) is 2. The number of carbonyl (C=O) groups excluding carboxylic acids is 1. The fourth-order valence-corrected chi connectivity index (χ4v) is 3.52. The average molecular weight is 389 g/mol. The molecule has 1 aliphatic rings. The van der Waals surface area contributed by atoms with Crippen LogP contribution in [-0.2, 0) is 24.2 Å². The van der Waals surface area contributed by atoms with Crippen LogP contribution in [0.25, 0.3) is 0 Å². The number of fused-ring (bicyclic) bond motifs is 1. The molecule has 1 aromatic heterocycles. The van der Waals surface area contributed by atoms with Crippen LogP contribution in [-0.4, -0.2) is 33.9 Å². The van der Waals surface area contributed by atoms with E-state index in [9.17, 15) is 9.59 Å². The number of aromatic nitrogens is 2. The molecule has 0 saturated carbocycles. The Labute approximate surface area is 169 Å². The van der Waals surface area contributed by atoms with Crippen molar-refractivity contribution in [3.8, 4) is 5.75 Å². The van der Waals surface area contributed by atoms with Crippen molar-refractivity contribution < 1.29 is 9.53 Å².